The summed E-state index contributed by atoms with van der Waals surface area (Å²) in [5.74, 6) is -0.475. The number of carbonyl (C=O) groups is 1. The first-order chi connectivity index (χ1) is 8.21. The second-order valence-corrected chi connectivity index (χ2v) is 5.82. The average molecular weight is 250 g/mol. The molecule has 0 aliphatic carbocycles. The second kappa shape index (κ2) is 5.42. The lowest BCUT2D eigenvalue weighted by molar-refractivity contribution is -0.137. The first-order valence-electron chi connectivity index (χ1n) is 6.26. The Morgan fingerprint density at radius 1 is 1.28 bits per heavy atom. The van der Waals surface area contributed by atoms with Crippen LogP contribution in [0.25, 0.3) is 0 Å². The quantitative estimate of drug-likeness (QED) is 0.861. The van der Waals surface area contributed by atoms with E-state index in [1.54, 1.807) is 0 Å². The van der Waals surface area contributed by atoms with Crippen LogP contribution in [-0.2, 0) is 16.6 Å². The predicted octanol–water partition coefficient (Wildman–Crippen LogP) is 3.41. The molecular formula is C15H22O3. The van der Waals surface area contributed by atoms with Crippen molar-refractivity contribution in [2.45, 2.75) is 52.4 Å². The molecule has 0 radical (unpaired) electrons. The number of phenols is 1. The van der Waals surface area contributed by atoms with E-state index in [9.17, 15) is 9.90 Å². The van der Waals surface area contributed by atoms with E-state index >= 15 is 0 Å². The Morgan fingerprint density at radius 3 is 2.39 bits per heavy atom. The summed E-state index contributed by atoms with van der Waals surface area (Å²) in [7, 11) is 0. The van der Waals surface area contributed by atoms with Crippen molar-refractivity contribution in [1.29, 1.82) is 0 Å². The van der Waals surface area contributed by atoms with Crippen molar-refractivity contribution in [2.24, 2.45) is 0 Å². The third-order valence-electron chi connectivity index (χ3n) is 2.98. The molecule has 100 valence electrons. The van der Waals surface area contributed by atoms with Crippen molar-refractivity contribution in [1.82, 2.24) is 0 Å². The molecule has 0 saturated carbocycles. The summed E-state index contributed by atoms with van der Waals surface area (Å²) in [4.78, 5) is 10.5. The van der Waals surface area contributed by atoms with Crippen LogP contribution >= 0.6 is 0 Å². The van der Waals surface area contributed by atoms with E-state index in [-0.39, 0.29) is 11.8 Å². The minimum atomic E-state index is -0.793. The smallest absolute Gasteiger partial charge is 0.303 e. The van der Waals surface area contributed by atoms with Crippen molar-refractivity contribution < 1.29 is 15.0 Å². The molecule has 3 nitrogen and oxygen atoms in total. The van der Waals surface area contributed by atoms with Gasteiger partial charge in [-0.05, 0) is 36.3 Å². The fourth-order valence-electron chi connectivity index (χ4n) is 2.05. The maximum absolute atomic E-state index is 10.5. The van der Waals surface area contributed by atoms with Crippen LogP contribution in [0.15, 0.2) is 12.1 Å². The zero-order chi connectivity index (χ0) is 13.9. The van der Waals surface area contributed by atoms with Crippen LogP contribution in [0, 0.1) is 6.92 Å². The topological polar surface area (TPSA) is 57.5 Å². The number of benzene rings is 1. The molecule has 0 aliphatic rings. The number of rotatable bonds is 4. The molecule has 0 amide bonds. The molecule has 0 atom stereocenters. The minimum absolute atomic E-state index is 0.113. The van der Waals surface area contributed by atoms with Crippen LogP contribution in [-0.4, -0.2) is 16.2 Å². The molecule has 18 heavy (non-hydrogen) atoms. The molecule has 0 bridgehead atoms. The molecule has 2 N–H and O–H groups in total. The number of carboxylic acids is 1. The van der Waals surface area contributed by atoms with E-state index in [4.69, 9.17) is 5.11 Å². The van der Waals surface area contributed by atoms with E-state index in [2.05, 4.69) is 20.8 Å². The Kier molecular flexibility index (Phi) is 4.38. The van der Waals surface area contributed by atoms with Crippen molar-refractivity contribution in [3.63, 3.8) is 0 Å². The highest BCUT2D eigenvalue weighted by atomic mass is 16.4. The van der Waals surface area contributed by atoms with Crippen LogP contribution in [0.5, 0.6) is 5.75 Å². The van der Waals surface area contributed by atoms with Gasteiger partial charge in [-0.3, -0.25) is 4.79 Å². The summed E-state index contributed by atoms with van der Waals surface area (Å²) in [6.07, 6.45) is 1.29. The molecule has 0 aliphatic heterocycles. The normalized spacial score (nSPS) is 11.6. The van der Waals surface area contributed by atoms with E-state index in [0.29, 0.717) is 18.6 Å². The Bertz CT molecular complexity index is 442. The predicted molar refractivity (Wildman–Crippen MR) is 72.1 cm³/mol. The van der Waals surface area contributed by atoms with Crippen molar-refractivity contribution in [3.8, 4) is 5.75 Å². The average Bonchev–Trinajstić information content (AvgIpc) is 2.20. The Balaban J connectivity index is 2.99. The lowest BCUT2D eigenvalue weighted by atomic mass is 9.83. The van der Waals surface area contributed by atoms with Gasteiger partial charge in [-0.1, -0.05) is 38.5 Å². The zero-order valence-electron chi connectivity index (χ0n) is 11.6. The van der Waals surface area contributed by atoms with Crippen molar-refractivity contribution >= 4 is 5.97 Å². The van der Waals surface area contributed by atoms with Crippen molar-refractivity contribution in [2.75, 3.05) is 0 Å². The number of aromatic hydroxyl groups is 1. The van der Waals surface area contributed by atoms with Gasteiger partial charge in [-0.15, -0.1) is 0 Å². The molecule has 1 rings (SSSR count). The van der Waals surface area contributed by atoms with E-state index in [1.165, 1.54) is 0 Å². The maximum atomic E-state index is 10.5. The standard InChI is InChI=1S/C15H22O3/c1-10-8-11(6-5-7-13(16)17)14(18)12(9-10)15(2,3)4/h8-9,18H,5-7H2,1-4H3,(H,16,17). The number of phenolic OH excluding ortho intramolecular Hbond substituents is 1. The molecule has 0 fully saturated rings. The van der Waals surface area contributed by atoms with Gasteiger partial charge in [0.05, 0.1) is 0 Å². The van der Waals surface area contributed by atoms with Gasteiger partial charge in [0.25, 0.3) is 0 Å². The van der Waals surface area contributed by atoms with Gasteiger partial charge in [-0.25, -0.2) is 0 Å². The third-order valence-corrected chi connectivity index (χ3v) is 2.98. The summed E-state index contributed by atoms with van der Waals surface area (Å²) in [6, 6.07) is 3.93. The fraction of sp³-hybridized carbons (Fsp3) is 0.533. The summed E-state index contributed by atoms with van der Waals surface area (Å²) in [6.45, 7) is 8.17. The lowest BCUT2D eigenvalue weighted by Gasteiger charge is -2.23. The Hall–Kier alpha value is -1.51. The first kappa shape index (κ1) is 14.6. The maximum Gasteiger partial charge on any atom is 0.303 e. The van der Waals surface area contributed by atoms with Gasteiger partial charge in [0.2, 0.25) is 0 Å². The summed E-state index contributed by atoms with van der Waals surface area (Å²) >= 11 is 0. The number of hydrogen-bond acceptors (Lipinski definition) is 2. The third kappa shape index (κ3) is 3.76. The minimum Gasteiger partial charge on any atom is -0.507 e. The monoisotopic (exact) mass is 250 g/mol. The molecule has 0 spiro atoms. The highest BCUT2D eigenvalue weighted by Gasteiger charge is 2.20. The summed E-state index contributed by atoms with van der Waals surface area (Å²) in [5.41, 5.74) is 2.76. The lowest BCUT2D eigenvalue weighted by Crippen LogP contribution is -2.12. The Labute approximate surface area is 108 Å². The summed E-state index contributed by atoms with van der Waals surface area (Å²) in [5, 5.41) is 18.9. The number of aryl methyl sites for hydroxylation is 2. The highest BCUT2D eigenvalue weighted by molar-refractivity contribution is 5.66. The largest absolute Gasteiger partial charge is 0.507 e. The molecule has 1 aromatic carbocycles. The van der Waals surface area contributed by atoms with Gasteiger partial charge < -0.3 is 10.2 Å². The number of aliphatic carboxylic acids is 1. The van der Waals surface area contributed by atoms with E-state index in [0.717, 1.165) is 16.7 Å². The van der Waals surface area contributed by atoms with Crippen LogP contribution in [0.1, 0.15) is 50.3 Å². The van der Waals surface area contributed by atoms with Crippen LogP contribution in [0.3, 0.4) is 0 Å². The molecule has 0 aromatic heterocycles. The second-order valence-electron chi connectivity index (χ2n) is 5.82. The van der Waals surface area contributed by atoms with Gasteiger partial charge in [0, 0.05) is 6.42 Å². The van der Waals surface area contributed by atoms with Gasteiger partial charge in [-0.2, -0.15) is 0 Å². The number of carboxylic acid groups (broad SMARTS) is 1. The van der Waals surface area contributed by atoms with Gasteiger partial charge in [0.1, 0.15) is 5.75 Å². The van der Waals surface area contributed by atoms with Crippen LogP contribution < -0.4 is 0 Å². The fourth-order valence-corrected chi connectivity index (χ4v) is 2.05. The SMILES string of the molecule is Cc1cc(CCCC(=O)O)c(O)c(C(C)(C)C)c1. The Morgan fingerprint density at radius 2 is 1.89 bits per heavy atom. The molecule has 0 heterocycles. The van der Waals surface area contributed by atoms with E-state index < -0.39 is 5.97 Å². The molecule has 0 unspecified atom stereocenters. The molecule has 0 saturated heterocycles. The van der Waals surface area contributed by atoms with Crippen LogP contribution in [0.2, 0.25) is 0 Å². The molecule has 1 aromatic rings. The van der Waals surface area contributed by atoms with Gasteiger partial charge in [0.15, 0.2) is 0 Å². The summed E-state index contributed by atoms with van der Waals surface area (Å²) < 4.78 is 0. The zero-order valence-corrected chi connectivity index (χ0v) is 11.6. The molecular weight excluding hydrogens is 228 g/mol. The van der Waals surface area contributed by atoms with E-state index in [1.807, 2.05) is 19.1 Å². The first-order valence-corrected chi connectivity index (χ1v) is 6.26. The van der Waals surface area contributed by atoms with Crippen molar-refractivity contribution in [3.05, 3.63) is 28.8 Å². The number of hydrogen-bond donors (Lipinski definition) is 2. The highest BCUT2D eigenvalue weighted by Crippen LogP contribution is 2.34. The van der Waals surface area contributed by atoms with Gasteiger partial charge >= 0.3 is 5.97 Å². The molecule has 3 heteroatoms. The van der Waals surface area contributed by atoms with Crippen LogP contribution in [0.4, 0.5) is 0 Å².